The first-order valence-electron chi connectivity index (χ1n) is 13.7. The van der Waals surface area contributed by atoms with Crippen molar-refractivity contribution in [2.45, 2.75) is 71.6 Å². The van der Waals surface area contributed by atoms with Gasteiger partial charge < -0.3 is 14.4 Å². The molecule has 0 aliphatic carbocycles. The average molecular weight is 542 g/mol. The number of carbonyl (C=O) groups excluding carboxylic acids is 1. The number of pyridine rings is 2. The van der Waals surface area contributed by atoms with Gasteiger partial charge in [-0.05, 0) is 72.1 Å². The van der Waals surface area contributed by atoms with Crippen LogP contribution in [0.5, 0.6) is 5.75 Å². The Hall–Kier alpha value is -4.39. The molecule has 2 atom stereocenters. The third-order valence-electron chi connectivity index (χ3n) is 7.16. The first kappa shape index (κ1) is 27.2. The highest BCUT2D eigenvalue weighted by Crippen LogP contribution is 2.35. The second-order valence-electron chi connectivity index (χ2n) is 11.2. The molecule has 0 bridgehead atoms. The molecule has 10 nitrogen and oxygen atoms in total. The van der Waals surface area contributed by atoms with Gasteiger partial charge in [-0.15, -0.1) is 0 Å². The van der Waals surface area contributed by atoms with Gasteiger partial charge in [0, 0.05) is 42.3 Å². The summed E-state index contributed by atoms with van der Waals surface area (Å²) in [5, 5.41) is 18.9. The predicted molar refractivity (Wildman–Crippen MR) is 150 cm³/mol. The van der Waals surface area contributed by atoms with Crippen LogP contribution in [0.4, 0.5) is 4.79 Å². The molecular weight excluding hydrogens is 506 g/mol. The Morgan fingerprint density at radius 3 is 2.73 bits per heavy atom. The minimum absolute atomic E-state index is 0.166. The van der Waals surface area contributed by atoms with Gasteiger partial charge in [0.1, 0.15) is 34.6 Å². The van der Waals surface area contributed by atoms with Crippen LogP contribution in [0.1, 0.15) is 76.1 Å². The lowest BCUT2D eigenvalue weighted by Gasteiger charge is -2.26. The molecule has 40 heavy (non-hydrogen) atoms. The topological polar surface area (TPSA) is 111 Å². The number of ether oxygens (including phenoxy) is 2. The molecule has 0 aromatic carbocycles. The molecule has 1 unspecified atom stereocenters. The number of aromatic nitrogens is 5. The quantitative estimate of drug-likeness (QED) is 0.310. The van der Waals surface area contributed by atoms with Crippen LogP contribution in [0.15, 0.2) is 49.1 Å². The summed E-state index contributed by atoms with van der Waals surface area (Å²) >= 11 is 0. The first-order chi connectivity index (χ1) is 19.1. The SMILES string of the molecule is Cc1c(-c2cc(O[C@H](C)c3ccccn3)c3c(C#N)cnn3c2)cnn1C1CCCN(C(=O)OC(C)(C)C)CC1. The Morgan fingerprint density at radius 1 is 1.18 bits per heavy atom. The zero-order valence-electron chi connectivity index (χ0n) is 23.7. The van der Waals surface area contributed by atoms with Gasteiger partial charge in [0.25, 0.3) is 0 Å². The summed E-state index contributed by atoms with van der Waals surface area (Å²) in [4.78, 5) is 18.9. The molecule has 208 valence electrons. The predicted octanol–water partition coefficient (Wildman–Crippen LogP) is 5.88. The first-order valence-corrected chi connectivity index (χ1v) is 13.7. The summed E-state index contributed by atoms with van der Waals surface area (Å²) in [6.07, 6.45) is 9.05. The van der Waals surface area contributed by atoms with Crippen molar-refractivity contribution in [1.82, 2.24) is 29.3 Å². The zero-order chi connectivity index (χ0) is 28.4. The maximum atomic E-state index is 12.6. The largest absolute Gasteiger partial charge is 0.482 e. The lowest BCUT2D eigenvalue weighted by Crippen LogP contribution is -2.37. The number of likely N-dealkylation sites (tertiary alicyclic amines) is 1. The Bertz CT molecular complexity index is 1550. The van der Waals surface area contributed by atoms with E-state index in [1.165, 1.54) is 0 Å². The highest BCUT2D eigenvalue weighted by Gasteiger charge is 2.27. The van der Waals surface area contributed by atoms with E-state index in [9.17, 15) is 10.1 Å². The number of hydrogen-bond donors (Lipinski definition) is 0. The van der Waals surface area contributed by atoms with Crippen molar-refractivity contribution in [1.29, 1.82) is 5.26 Å². The van der Waals surface area contributed by atoms with Crippen LogP contribution >= 0.6 is 0 Å². The smallest absolute Gasteiger partial charge is 0.410 e. The standard InChI is InChI=1S/C30H35N7O3/c1-20-25(18-34-37(20)24-9-8-13-35(14-11-24)29(38)40-30(3,4)5)22-15-27(28-23(16-31)17-33-36(28)19-22)39-21(2)26-10-6-7-12-32-26/h6-7,10,12,15,17-19,21,24H,8-9,11,13-14H2,1-5H3/t21-,24?/m1/s1. The number of amides is 1. The normalized spacial score (nSPS) is 16.8. The Labute approximate surface area is 234 Å². The summed E-state index contributed by atoms with van der Waals surface area (Å²) in [7, 11) is 0. The van der Waals surface area contributed by atoms with E-state index in [-0.39, 0.29) is 18.2 Å². The molecule has 4 aromatic heterocycles. The highest BCUT2D eigenvalue weighted by atomic mass is 16.6. The van der Waals surface area contributed by atoms with Crippen molar-refractivity contribution < 1.29 is 14.3 Å². The lowest BCUT2D eigenvalue weighted by atomic mass is 10.1. The van der Waals surface area contributed by atoms with E-state index in [1.807, 2.05) is 64.4 Å². The van der Waals surface area contributed by atoms with Gasteiger partial charge in [-0.25, -0.2) is 9.31 Å². The number of carbonyl (C=O) groups is 1. The van der Waals surface area contributed by atoms with E-state index < -0.39 is 5.60 Å². The Balaban J connectivity index is 1.42. The van der Waals surface area contributed by atoms with E-state index in [0.29, 0.717) is 29.9 Å². The van der Waals surface area contributed by atoms with Gasteiger partial charge in [-0.3, -0.25) is 9.67 Å². The summed E-state index contributed by atoms with van der Waals surface area (Å²) in [5.74, 6) is 0.555. The van der Waals surface area contributed by atoms with Crippen LogP contribution in [0.2, 0.25) is 0 Å². The van der Waals surface area contributed by atoms with Gasteiger partial charge in [-0.1, -0.05) is 6.07 Å². The summed E-state index contributed by atoms with van der Waals surface area (Å²) < 4.78 is 15.7. The summed E-state index contributed by atoms with van der Waals surface area (Å²) in [6.45, 7) is 10.9. The Kier molecular flexibility index (Phi) is 7.48. The van der Waals surface area contributed by atoms with Crippen LogP contribution in [0.3, 0.4) is 0 Å². The fourth-order valence-electron chi connectivity index (χ4n) is 5.18. The number of fused-ring (bicyclic) bond motifs is 1. The van der Waals surface area contributed by atoms with Crippen molar-refractivity contribution in [3.8, 4) is 22.9 Å². The molecule has 0 spiro atoms. The van der Waals surface area contributed by atoms with Crippen LogP contribution < -0.4 is 4.74 Å². The third-order valence-corrected chi connectivity index (χ3v) is 7.16. The second kappa shape index (κ2) is 11.0. The number of rotatable bonds is 5. The molecule has 0 saturated carbocycles. The van der Waals surface area contributed by atoms with Crippen molar-refractivity contribution >= 4 is 11.6 Å². The molecule has 0 radical (unpaired) electrons. The molecule has 1 aliphatic heterocycles. The third kappa shape index (κ3) is 5.64. The summed E-state index contributed by atoms with van der Waals surface area (Å²) in [5.41, 5.74) is 4.20. The minimum Gasteiger partial charge on any atom is -0.482 e. The minimum atomic E-state index is -0.516. The molecule has 10 heteroatoms. The molecule has 1 saturated heterocycles. The zero-order valence-corrected chi connectivity index (χ0v) is 23.7. The average Bonchev–Trinajstić information content (AvgIpc) is 3.42. The fraction of sp³-hybridized carbons (Fsp3) is 0.433. The van der Waals surface area contributed by atoms with Crippen LogP contribution in [0.25, 0.3) is 16.6 Å². The van der Waals surface area contributed by atoms with Gasteiger partial charge in [0.05, 0.1) is 24.1 Å². The van der Waals surface area contributed by atoms with Crippen molar-refractivity contribution in [2.75, 3.05) is 13.1 Å². The summed E-state index contributed by atoms with van der Waals surface area (Å²) in [6, 6.07) is 10.0. The fourth-order valence-corrected chi connectivity index (χ4v) is 5.18. The van der Waals surface area contributed by atoms with E-state index in [2.05, 4.69) is 27.8 Å². The highest BCUT2D eigenvalue weighted by molar-refractivity contribution is 5.76. The van der Waals surface area contributed by atoms with E-state index in [0.717, 1.165) is 41.8 Å². The van der Waals surface area contributed by atoms with Gasteiger partial charge >= 0.3 is 6.09 Å². The lowest BCUT2D eigenvalue weighted by molar-refractivity contribution is 0.0255. The van der Waals surface area contributed by atoms with Gasteiger partial charge in [-0.2, -0.15) is 15.5 Å². The molecule has 5 heterocycles. The molecule has 1 amide bonds. The maximum Gasteiger partial charge on any atom is 0.410 e. The number of nitrogens with zero attached hydrogens (tertiary/aromatic N) is 7. The number of nitriles is 1. The molecule has 4 aromatic rings. The van der Waals surface area contributed by atoms with E-state index in [1.54, 1.807) is 21.8 Å². The van der Waals surface area contributed by atoms with E-state index in [4.69, 9.17) is 14.6 Å². The van der Waals surface area contributed by atoms with Crippen LogP contribution in [0, 0.1) is 18.3 Å². The number of hydrogen-bond acceptors (Lipinski definition) is 7. The van der Waals surface area contributed by atoms with E-state index >= 15 is 0 Å². The van der Waals surface area contributed by atoms with Gasteiger partial charge in [0.2, 0.25) is 0 Å². The molecule has 1 aliphatic rings. The monoisotopic (exact) mass is 541 g/mol. The molecule has 0 N–H and O–H groups in total. The second-order valence-corrected chi connectivity index (χ2v) is 11.2. The van der Waals surface area contributed by atoms with Crippen LogP contribution in [-0.4, -0.2) is 54.1 Å². The van der Waals surface area contributed by atoms with Crippen LogP contribution in [-0.2, 0) is 4.74 Å². The van der Waals surface area contributed by atoms with Crippen molar-refractivity contribution in [3.63, 3.8) is 0 Å². The molecular formula is C30H35N7O3. The van der Waals surface area contributed by atoms with Crippen molar-refractivity contribution in [2.24, 2.45) is 0 Å². The molecule has 1 fully saturated rings. The molecule has 5 rings (SSSR count). The van der Waals surface area contributed by atoms with Gasteiger partial charge in [0.15, 0.2) is 0 Å². The Morgan fingerprint density at radius 2 is 2.00 bits per heavy atom. The maximum absolute atomic E-state index is 12.6. The van der Waals surface area contributed by atoms with Crippen molar-refractivity contribution in [3.05, 3.63) is 66.0 Å².